The number of hydrogen-bond donors (Lipinski definition) is 0. The van der Waals surface area contributed by atoms with Gasteiger partial charge in [0, 0.05) is 32.3 Å². The summed E-state index contributed by atoms with van der Waals surface area (Å²) >= 11 is 0. The van der Waals surface area contributed by atoms with Gasteiger partial charge in [-0.15, -0.1) is 0 Å². The van der Waals surface area contributed by atoms with Crippen LogP contribution < -0.4 is 5.62 Å². The summed E-state index contributed by atoms with van der Waals surface area (Å²) in [7, 11) is 3.90. The van der Waals surface area contributed by atoms with Gasteiger partial charge in [0.25, 0.3) is 0 Å². The van der Waals surface area contributed by atoms with Crippen molar-refractivity contribution < 1.29 is 0 Å². The van der Waals surface area contributed by atoms with Gasteiger partial charge in [0.05, 0.1) is 5.69 Å². The Kier molecular flexibility index (Phi) is 3.53. The summed E-state index contributed by atoms with van der Waals surface area (Å²) in [4.78, 5) is 4.35. The van der Waals surface area contributed by atoms with Gasteiger partial charge in [0.15, 0.2) is 0 Å². The van der Waals surface area contributed by atoms with E-state index in [1.54, 1.807) is 0 Å². The maximum atomic E-state index is 4.35. The van der Waals surface area contributed by atoms with Gasteiger partial charge >= 0.3 is 0 Å². The zero-order valence-corrected chi connectivity index (χ0v) is 10.8. The molecule has 1 aliphatic rings. The van der Waals surface area contributed by atoms with Crippen molar-refractivity contribution in [2.24, 2.45) is 12.0 Å². The standard InChI is InChI=1S/C14H19N3/c1-4-11-17-13-10-8-6-5-7-9-12(13)16(3)14(17)15-2/h5,7H,6,8-10H2,1-3H3/b7-5-,15-14-. The number of aromatic nitrogens is 2. The van der Waals surface area contributed by atoms with E-state index in [1.165, 1.54) is 17.8 Å². The third-order valence-corrected chi connectivity index (χ3v) is 3.19. The maximum Gasteiger partial charge on any atom is 0.216 e. The van der Waals surface area contributed by atoms with E-state index in [2.05, 4.69) is 45.3 Å². The van der Waals surface area contributed by atoms with Gasteiger partial charge in [0.2, 0.25) is 5.62 Å². The van der Waals surface area contributed by atoms with Crippen LogP contribution in [0.1, 0.15) is 31.2 Å². The second kappa shape index (κ2) is 5.09. The zero-order chi connectivity index (χ0) is 12.3. The molecular formula is C14H19N3. The minimum absolute atomic E-state index is 0.944. The normalized spacial score (nSPS) is 17.7. The van der Waals surface area contributed by atoms with E-state index in [4.69, 9.17) is 0 Å². The van der Waals surface area contributed by atoms with E-state index in [1.807, 2.05) is 14.0 Å². The molecule has 0 aromatic carbocycles. The quantitative estimate of drug-likeness (QED) is 0.476. The third kappa shape index (κ3) is 2.08. The van der Waals surface area contributed by atoms with Crippen LogP contribution in [0.25, 0.3) is 0 Å². The van der Waals surface area contributed by atoms with E-state index < -0.39 is 0 Å². The molecule has 0 bridgehead atoms. The van der Waals surface area contributed by atoms with Gasteiger partial charge in [-0.05, 0) is 26.2 Å². The highest BCUT2D eigenvalue weighted by Crippen LogP contribution is 2.15. The van der Waals surface area contributed by atoms with E-state index in [0.29, 0.717) is 0 Å². The molecule has 3 nitrogen and oxygen atoms in total. The smallest absolute Gasteiger partial charge is 0.216 e. The molecule has 0 aliphatic heterocycles. The van der Waals surface area contributed by atoms with Crippen LogP contribution in [-0.2, 0) is 19.9 Å². The molecule has 1 aliphatic carbocycles. The third-order valence-electron chi connectivity index (χ3n) is 3.19. The number of fused-ring (bicyclic) bond motifs is 1. The van der Waals surface area contributed by atoms with Crippen LogP contribution >= 0.6 is 0 Å². The number of rotatable bonds is 0. The summed E-state index contributed by atoms with van der Waals surface area (Å²) in [5.41, 5.74) is 3.61. The average molecular weight is 229 g/mol. The molecule has 0 amide bonds. The summed E-state index contributed by atoms with van der Waals surface area (Å²) in [6.07, 6.45) is 8.93. The summed E-state index contributed by atoms with van der Waals surface area (Å²) in [5, 5.41) is 0. The van der Waals surface area contributed by atoms with Crippen molar-refractivity contribution in [3.8, 4) is 12.0 Å². The Morgan fingerprint density at radius 1 is 1.29 bits per heavy atom. The van der Waals surface area contributed by atoms with Crippen LogP contribution in [0.5, 0.6) is 0 Å². The van der Waals surface area contributed by atoms with E-state index in [0.717, 1.165) is 24.9 Å². The van der Waals surface area contributed by atoms with Crippen molar-refractivity contribution in [3.05, 3.63) is 29.2 Å². The van der Waals surface area contributed by atoms with Crippen molar-refractivity contribution in [3.63, 3.8) is 0 Å². The predicted octanol–water partition coefficient (Wildman–Crippen LogP) is 1.62. The molecule has 3 heteroatoms. The topological polar surface area (TPSA) is 22.2 Å². The lowest BCUT2D eigenvalue weighted by Crippen LogP contribution is -2.23. The highest BCUT2D eigenvalue weighted by Gasteiger charge is 2.14. The van der Waals surface area contributed by atoms with Crippen molar-refractivity contribution in [1.82, 2.24) is 9.13 Å². The molecule has 0 N–H and O–H groups in total. The van der Waals surface area contributed by atoms with Gasteiger partial charge in [0.1, 0.15) is 0 Å². The maximum absolute atomic E-state index is 4.35. The second-order valence-corrected chi connectivity index (χ2v) is 4.24. The summed E-state index contributed by atoms with van der Waals surface area (Å²) in [6.45, 7) is 1.87. The van der Waals surface area contributed by atoms with Gasteiger partial charge in [-0.1, -0.05) is 18.1 Å². The van der Waals surface area contributed by atoms with Crippen molar-refractivity contribution in [2.75, 3.05) is 7.05 Å². The average Bonchev–Trinajstić information content (AvgIpc) is 2.51. The Morgan fingerprint density at radius 2 is 2.12 bits per heavy atom. The van der Waals surface area contributed by atoms with Crippen LogP contribution in [-0.4, -0.2) is 16.2 Å². The molecule has 0 saturated heterocycles. The van der Waals surface area contributed by atoms with Gasteiger partial charge in [-0.3, -0.25) is 4.99 Å². The van der Waals surface area contributed by atoms with Crippen LogP contribution in [0, 0.1) is 12.0 Å². The van der Waals surface area contributed by atoms with Gasteiger partial charge < -0.3 is 4.57 Å². The fourth-order valence-corrected chi connectivity index (χ4v) is 2.40. The lowest BCUT2D eigenvalue weighted by molar-refractivity contribution is 0.764. The molecule has 0 unspecified atom stereocenters. The Morgan fingerprint density at radius 3 is 2.82 bits per heavy atom. The first-order chi connectivity index (χ1) is 8.29. The first kappa shape index (κ1) is 11.8. The monoisotopic (exact) mass is 229 g/mol. The molecule has 0 fully saturated rings. The number of imidazole rings is 1. The summed E-state index contributed by atoms with van der Waals surface area (Å²) < 4.78 is 4.21. The molecular weight excluding hydrogens is 210 g/mol. The molecule has 2 rings (SSSR count). The SMILES string of the molecule is CC#Cn1c2c(n(C)/c1=N/C)C/C=C\CCC2. The van der Waals surface area contributed by atoms with Gasteiger partial charge in [-0.25, -0.2) is 4.57 Å². The Hall–Kier alpha value is -1.69. The Labute approximate surface area is 102 Å². The van der Waals surface area contributed by atoms with Crippen molar-refractivity contribution in [1.29, 1.82) is 0 Å². The number of nitrogens with zero attached hydrogens (tertiary/aromatic N) is 3. The zero-order valence-electron chi connectivity index (χ0n) is 10.8. The lowest BCUT2D eigenvalue weighted by atomic mass is 10.1. The minimum Gasteiger partial charge on any atom is -0.316 e. The molecule has 17 heavy (non-hydrogen) atoms. The number of allylic oxidation sites excluding steroid dienone is 2. The lowest BCUT2D eigenvalue weighted by Gasteiger charge is -2.07. The molecule has 1 aromatic heterocycles. The van der Waals surface area contributed by atoms with Crippen LogP contribution in [0.15, 0.2) is 17.1 Å². The predicted molar refractivity (Wildman–Crippen MR) is 69.5 cm³/mol. The first-order valence-electron chi connectivity index (χ1n) is 6.09. The van der Waals surface area contributed by atoms with Crippen LogP contribution in [0.3, 0.4) is 0 Å². The van der Waals surface area contributed by atoms with Crippen molar-refractivity contribution in [2.45, 2.75) is 32.6 Å². The Bertz CT molecular complexity index is 559. The summed E-state index contributed by atoms with van der Waals surface area (Å²) in [5.74, 6) is 2.98. The Balaban J connectivity index is 2.69. The fourth-order valence-electron chi connectivity index (χ4n) is 2.40. The molecule has 0 spiro atoms. The number of hydrogen-bond acceptors (Lipinski definition) is 1. The molecule has 1 aromatic rings. The largest absolute Gasteiger partial charge is 0.316 e. The highest BCUT2D eigenvalue weighted by molar-refractivity contribution is 5.24. The summed E-state index contributed by atoms with van der Waals surface area (Å²) in [6, 6.07) is 3.15. The van der Waals surface area contributed by atoms with E-state index in [-0.39, 0.29) is 0 Å². The van der Waals surface area contributed by atoms with E-state index >= 15 is 0 Å². The highest BCUT2D eigenvalue weighted by atomic mass is 15.2. The van der Waals surface area contributed by atoms with Crippen molar-refractivity contribution >= 4 is 0 Å². The van der Waals surface area contributed by atoms with Crippen LogP contribution in [0.4, 0.5) is 0 Å². The molecule has 1 heterocycles. The molecule has 0 saturated carbocycles. The molecule has 0 radical (unpaired) electrons. The molecule has 0 atom stereocenters. The van der Waals surface area contributed by atoms with E-state index in [9.17, 15) is 0 Å². The second-order valence-electron chi connectivity index (χ2n) is 4.24. The fraction of sp³-hybridized carbons (Fsp3) is 0.500. The first-order valence-corrected chi connectivity index (χ1v) is 6.09. The minimum atomic E-state index is 0.944. The molecule has 90 valence electrons. The van der Waals surface area contributed by atoms with Gasteiger partial charge in [-0.2, -0.15) is 0 Å². The van der Waals surface area contributed by atoms with Crippen LogP contribution in [0.2, 0.25) is 0 Å².